The van der Waals surface area contributed by atoms with Crippen LogP contribution in [0.15, 0.2) is 41.8 Å². The van der Waals surface area contributed by atoms with Gasteiger partial charge in [-0.05, 0) is 31.0 Å². The van der Waals surface area contributed by atoms with Crippen LogP contribution in [0.1, 0.15) is 23.2 Å². The number of rotatable bonds is 6. The van der Waals surface area contributed by atoms with E-state index in [0.717, 1.165) is 12.8 Å². The topological polar surface area (TPSA) is 84.9 Å². The number of ether oxygens (including phenoxy) is 2. The fourth-order valence-corrected chi connectivity index (χ4v) is 4.30. The normalized spacial score (nSPS) is 19.6. The molecule has 0 saturated carbocycles. The molecular formula is C18H24N2O5S. The van der Waals surface area contributed by atoms with E-state index in [1.54, 1.807) is 17.0 Å². The van der Waals surface area contributed by atoms with Crippen LogP contribution in [0.4, 0.5) is 0 Å². The standard InChI is InChI=1S/C18H24N2O5S/c1-2-8-19-26(22,23)16-5-3-4-15(13-16)17(21)20-9-6-14(7-10-20)18-24-11-12-25-18/h2-5,13-14,18-19H,1,6-12H2. The second-order valence-electron chi connectivity index (χ2n) is 6.41. The largest absolute Gasteiger partial charge is 0.350 e. The van der Waals surface area contributed by atoms with E-state index in [4.69, 9.17) is 9.47 Å². The highest BCUT2D eigenvalue weighted by atomic mass is 32.2. The van der Waals surface area contributed by atoms with Crippen molar-refractivity contribution in [3.8, 4) is 0 Å². The average molecular weight is 380 g/mol. The Bertz CT molecular complexity index is 751. The Morgan fingerprint density at radius 3 is 2.62 bits per heavy atom. The van der Waals surface area contributed by atoms with Crippen molar-refractivity contribution in [1.82, 2.24) is 9.62 Å². The molecule has 26 heavy (non-hydrogen) atoms. The van der Waals surface area contributed by atoms with Crippen LogP contribution in [0.2, 0.25) is 0 Å². The molecule has 2 heterocycles. The van der Waals surface area contributed by atoms with Gasteiger partial charge >= 0.3 is 0 Å². The van der Waals surface area contributed by atoms with Crippen molar-refractivity contribution < 1.29 is 22.7 Å². The zero-order valence-corrected chi connectivity index (χ0v) is 15.4. The molecule has 2 aliphatic rings. The molecule has 7 nitrogen and oxygen atoms in total. The van der Waals surface area contributed by atoms with Crippen molar-refractivity contribution >= 4 is 15.9 Å². The summed E-state index contributed by atoms with van der Waals surface area (Å²) in [7, 11) is -3.65. The van der Waals surface area contributed by atoms with Crippen molar-refractivity contribution in [2.45, 2.75) is 24.0 Å². The third kappa shape index (κ3) is 4.32. The molecule has 0 radical (unpaired) electrons. The van der Waals surface area contributed by atoms with Crippen LogP contribution in [-0.4, -0.2) is 58.4 Å². The summed E-state index contributed by atoms with van der Waals surface area (Å²) in [6.07, 6.45) is 2.94. The molecule has 1 amide bonds. The lowest BCUT2D eigenvalue weighted by atomic mass is 9.95. The highest BCUT2D eigenvalue weighted by molar-refractivity contribution is 7.89. The van der Waals surface area contributed by atoms with Crippen LogP contribution >= 0.6 is 0 Å². The molecule has 0 unspecified atom stereocenters. The van der Waals surface area contributed by atoms with Gasteiger partial charge in [0.15, 0.2) is 6.29 Å². The molecule has 0 spiro atoms. The van der Waals surface area contributed by atoms with Crippen LogP contribution in [-0.2, 0) is 19.5 Å². The third-order valence-corrected chi connectivity index (χ3v) is 6.09. The first-order valence-electron chi connectivity index (χ1n) is 8.74. The van der Waals surface area contributed by atoms with E-state index in [0.29, 0.717) is 37.8 Å². The number of nitrogens with zero attached hydrogens (tertiary/aromatic N) is 1. The monoisotopic (exact) mass is 380 g/mol. The Labute approximate surface area is 154 Å². The maximum Gasteiger partial charge on any atom is 0.253 e. The Kier molecular flexibility index (Phi) is 6.08. The molecule has 0 atom stereocenters. The van der Waals surface area contributed by atoms with Gasteiger partial charge in [-0.1, -0.05) is 12.1 Å². The summed E-state index contributed by atoms with van der Waals surface area (Å²) in [4.78, 5) is 14.6. The van der Waals surface area contributed by atoms with E-state index in [-0.39, 0.29) is 23.6 Å². The molecule has 0 bridgehead atoms. The molecule has 2 fully saturated rings. The van der Waals surface area contributed by atoms with Crippen molar-refractivity contribution in [3.63, 3.8) is 0 Å². The SMILES string of the molecule is C=CCNS(=O)(=O)c1cccc(C(=O)N2CCC(C3OCCO3)CC2)c1. The summed E-state index contributed by atoms with van der Waals surface area (Å²) in [6.45, 7) is 6.11. The number of nitrogens with one attached hydrogen (secondary N) is 1. The zero-order chi connectivity index (χ0) is 18.6. The quantitative estimate of drug-likeness (QED) is 0.754. The van der Waals surface area contributed by atoms with Gasteiger partial charge in [-0.2, -0.15) is 0 Å². The minimum atomic E-state index is -3.65. The first-order valence-corrected chi connectivity index (χ1v) is 10.2. The molecule has 8 heteroatoms. The number of amides is 1. The van der Waals surface area contributed by atoms with Crippen LogP contribution in [0, 0.1) is 5.92 Å². The summed E-state index contributed by atoms with van der Waals surface area (Å²) in [5.74, 6) is 0.147. The average Bonchev–Trinajstić information content (AvgIpc) is 3.21. The maximum atomic E-state index is 12.8. The Balaban J connectivity index is 1.65. The van der Waals surface area contributed by atoms with Gasteiger partial charge in [0.1, 0.15) is 0 Å². The van der Waals surface area contributed by atoms with E-state index in [1.807, 2.05) is 0 Å². The minimum absolute atomic E-state index is 0.0767. The number of piperidine rings is 1. The first-order chi connectivity index (χ1) is 12.5. The van der Waals surface area contributed by atoms with Gasteiger partial charge in [0, 0.05) is 31.1 Å². The second-order valence-corrected chi connectivity index (χ2v) is 8.17. The molecule has 0 aliphatic carbocycles. The lowest BCUT2D eigenvalue weighted by molar-refractivity contribution is -0.0956. The highest BCUT2D eigenvalue weighted by Gasteiger charge is 2.32. The van der Waals surface area contributed by atoms with Gasteiger partial charge < -0.3 is 14.4 Å². The second kappa shape index (κ2) is 8.30. The van der Waals surface area contributed by atoms with Crippen molar-refractivity contribution in [2.75, 3.05) is 32.8 Å². The van der Waals surface area contributed by atoms with Crippen LogP contribution in [0.5, 0.6) is 0 Å². The van der Waals surface area contributed by atoms with Gasteiger partial charge in [-0.3, -0.25) is 4.79 Å². The number of benzene rings is 1. The third-order valence-electron chi connectivity index (χ3n) is 4.67. The molecule has 1 N–H and O–H groups in total. The number of hydrogen-bond acceptors (Lipinski definition) is 5. The number of hydrogen-bond donors (Lipinski definition) is 1. The number of likely N-dealkylation sites (tertiary alicyclic amines) is 1. The summed E-state index contributed by atoms with van der Waals surface area (Å²) in [5.41, 5.74) is 0.373. The number of carbonyl (C=O) groups is 1. The van der Waals surface area contributed by atoms with Crippen LogP contribution in [0.25, 0.3) is 0 Å². The molecular weight excluding hydrogens is 356 g/mol. The Morgan fingerprint density at radius 2 is 1.96 bits per heavy atom. The molecule has 1 aromatic carbocycles. The van der Waals surface area contributed by atoms with Gasteiger partial charge in [0.25, 0.3) is 5.91 Å². The van der Waals surface area contributed by atoms with E-state index in [1.165, 1.54) is 18.2 Å². The fraction of sp³-hybridized carbons (Fsp3) is 0.500. The summed E-state index contributed by atoms with van der Waals surface area (Å²) in [5, 5.41) is 0. The number of carbonyl (C=O) groups excluding carboxylic acids is 1. The van der Waals surface area contributed by atoms with Gasteiger partial charge in [-0.25, -0.2) is 13.1 Å². The van der Waals surface area contributed by atoms with Gasteiger partial charge in [0.2, 0.25) is 10.0 Å². The maximum absolute atomic E-state index is 12.8. The highest BCUT2D eigenvalue weighted by Crippen LogP contribution is 2.26. The zero-order valence-electron chi connectivity index (χ0n) is 14.6. The first kappa shape index (κ1) is 19.0. The van der Waals surface area contributed by atoms with Crippen molar-refractivity contribution in [1.29, 1.82) is 0 Å². The molecule has 1 aromatic rings. The molecule has 142 valence electrons. The van der Waals surface area contributed by atoms with E-state index < -0.39 is 10.0 Å². The fourth-order valence-electron chi connectivity index (χ4n) is 3.25. The Morgan fingerprint density at radius 1 is 1.27 bits per heavy atom. The van der Waals surface area contributed by atoms with Crippen LogP contribution < -0.4 is 4.72 Å². The van der Waals surface area contributed by atoms with E-state index in [9.17, 15) is 13.2 Å². The van der Waals surface area contributed by atoms with Gasteiger partial charge in [0.05, 0.1) is 18.1 Å². The lowest BCUT2D eigenvalue weighted by Gasteiger charge is -2.34. The van der Waals surface area contributed by atoms with Gasteiger partial charge in [-0.15, -0.1) is 6.58 Å². The van der Waals surface area contributed by atoms with Crippen molar-refractivity contribution in [2.24, 2.45) is 5.92 Å². The molecule has 3 rings (SSSR count). The van der Waals surface area contributed by atoms with E-state index in [2.05, 4.69) is 11.3 Å². The summed E-state index contributed by atoms with van der Waals surface area (Å²) in [6, 6.07) is 6.12. The van der Waals surface area contributed by atoms with E-state index >= 15 is 0 Å². The molecule has 0 aromatic heterocycles. The smallest absolute Gasteiger partial charge is 0.253 e. The van der Waals surface area contributed by atoms with Crippen molar-refractivity contribution in [3.05, 3.63) is 42.5 Å². The molecule has 2 aliphatic heterocycles. The van der Waals surface area contributed by atoms with Crippen LogP contribution in [0.3, 0.4) is 0 Å². The summed E-state index contributed by atoms with van der Waals surface area (Å²) < 4.78 is 38.0. The molecule has 2 saturated heterocycles. The lowest BCUT2D eigenvalue weighted by Crippen LogP contribution is -2.41. The minimum Gasteiger partial charge on any atom is -0.350 e. The Hall–Kier alpha value is -1.74. The number of sulfonamides is 1. The predicted molar refractivity (Wildman–Crippen MR) is 96.1 cm³/mol. The predicted octanol–water partition coefficient (Wildman–Crippen LogP) is 1.38. The summed E-state index contributed by atoms with van der Waals surface area (Å²) >= 11 is 0.